The van der Waals surface area contributed by atoms with Gasteiger partial charge in [-0.05, 0) is 106 Å². The van der Waals surface area contributed by atoms with Gasteiger partial charge in [-0.15, -0.1) is 57.5 Å². The molecule has 4 nitrogen and oxygen atoms in total. The smallest absolute Gasteiger partial charge is 0.135 e. The van der Waals surface area contributed by atoms with Crippen LogP contribution in [0, 0.1) is 32.6 Å². The zero-order chi connectivity index (χ0) is 45.3. The summed E-state index contributed by atoms with van der Waals surface area (Å²) in [6.07, 6.45) is 1.93. The molecule has 334 valence electrons. The Morgan fingerprint density at radius 3 is 1.74 bits per heavy atom. The van der Waals surface area contributed by atoms with Gasteiger partial charge >= 0.3 is 0 Å². The van der Waals surface area contributed by atoms with Crippen molar-refractivity contribution in [2.45, 2.75) is 88.3 Å². The Hall–Kier alpha value is -5.87. The minimum atomic E-state index is -0.245. The molecule has 66 heavy (non-hydrogen) atoms. The predicted octanol–water partition coefficient (Wildman–Crippen LogP) is 15.9. The van der Waals surface area contributed by atoms with E-state index in [0.29, 0.717) is 0 Å². The van der Waals surface area contributed by atoms with E-state index in [1.165, 1.54) is 44.3 Å². The van der Waals surface area contributed by atoms with Gasteiger partial charge < -0.3 is 14.4 Å². The van der Waals surface area contributed by atoms with E-state index in [2.05, 4.69) is 253 Å². The van der Waals surface area contributed by atoms with Gasteiger partial charge in [0.2, 0.25) is 0 Å². The van der Waals surface area contributed by atoms with Crippen molar-refractivity contribution in [2.75, 3.05) is 9.80 Å². The molecule has 7 aromatic carbocycles. The summed E-state index contributed by atoms with van der Waals surface area (Å²) < 4.78 is 2.27. The van der Waals surface area contributed by atoms with Gasteiger partial charge in [0.15, 0.2) is 0 Å². The Bertz CT molecular complexity index is 3170. The molecule has 9 aromatic rings. The molecule has 3 heterocycles. The van der Waals surface area contributed by atoms with E-state index in [0.717, 1.165) is 54.8 Å². The number of para-hydroxylation sites is 1. The van der Waals surface area contributed by atoms with Crippen molar-refractivity contribution in [1.29, 1.82) is 0 Å². The zero-order valence-electron chi connectivity index (χ0n) is 39.2. The van der Waals surface area contributed by atoms with Crippen LogP contribution in [-0.4, -0.2) is 9.55 Å². The number of fused-ring (bicyclic) bond motifs is 4. The molecule has 0 atom stereocenters. The molecule has 0 N–H and O–H groups in total. The van der Waals surface area contributed by atoms with Crippen LogP contribution in [0.1, 0.15) is 87.4 Å². The minimum absolute atomic E-state index is 0. The Morgan fingerprint density at radius 2 is 1.11 bits per heavy atom. The number of benzene rings is 7. The van der Waals surface area contributed by atoms with Crippen LogP contribution in [0.15, 0.2) is 174 Å². The first-order valence-electron chi connectivity index (χ1n) is 22.6. The molecule has 10 rings (SSSR count). The van der Waals surface area contributed by atoms with Crippen LogP contribution in [0.2, 0.25) is 0 Å². The number of aromatic nitrogens is 2. The number of hydrogen-bond acceptors (Lipinski definition) is 4. The number of aryl methyl sites for hydroxylation is 2. The van der Waals surface area contributed by atoms with E-state index < -0.39 is 0 Å². The third-order valence-corrected chi connectivity index (χ3v) is 14.5. The SMILES string of the molecule is Cc1cc2c(cc1C)N(c1cc(C(C)(C)c3ccccc3)cc(C(C)(C)c3ccccc3)c1)[CH-]N2c1[c-]c(Sc2[c-]c3c(cc2)c2ccccc2n3-c2cc(C(C)(C)C)ccn2)ccc1.[Pt]. The van der Waals surface area contributed by atoms with Crippen molar-refractivity contribution < 1.29 is 21.1 Å². The van der Waals surface area contributed by atoms with E-state index in [4.69, 9.17) is 4.98 Å². The average molecular weight is 1060 g/mol. The maximum Gasteiger partial charge on any atom is 0.135 e. The van der Waals surface area contributed by atoms with Gasteiger partial charge in [-0.3, -0.25) is 0 Å². The molecular formula is C60H55N4PtS-3. The summed E-state index contributed by atoms with van der Waals surface area (Å²) in [5.74, 6) is 0.902. The molecule has 0 amide bonds. The van der Waals surface area contributed by atoms with Crippen LogP contribution < -0.4 is 9.80 Å². The zero-order valence-corrected chi connectivity index (χ0v) is 42.3. The second kappa shape index (κ2) is 17.4. The average Bonchev–Trinajstić information content (AvgIpc) is 3.84. The number of rotatable bonds is 9. The summed E-state index contributed by atoms with van der Waals surface area (Å²) in [6.45, 7) is 22.8. The quantitative estimate of drug-likeness (QED) is 0.134. The molecular weight excluding hydrogens is 1000 g/mol. The molecule has 0 saturated carbocycles. The maximum absolute atomic E-state index is 4.90. The number of pyridine rings is 1. The van der Waals surface area contributed by atoms with Crippen LogP contribution in [0.5, 0.6) is 0 Å². The standard InChI is InChI=1S/C60H55N4S.Pt/c1-40-31-55-56(32-41(40)2)63(48-34-45(59(6,7)42-19-12-10-13-20-42)33-46(35-48)60(8,9)43-21-14-11-15-22-43)39-62(55)47-23-18-24-49(37-47)65-50-27-28-52-51-25-16-17-26-53(51)64(54(52)38-50)57-36-44(29-30-61-57)58(3,4)5;/h10-36,39H,1-9H3;/q-3;. The van der Waals surface area contributed by atoms with Gasteiger partial charge in [-0.25, -0.2) is 4.98 Å². The summed E-state index contributed by atoms with van der Waals surface area (Å²) in [7, 11) is 0. The minimum Gasteiger partial charge on any atom is -0.493 e. The molecule has 0 spiro atoms. The number of hydrogen-bond donors (Lipinski definition) is 0. The van der Waals surface area contributed by atoms with Gasteiger partial charge in [0.05, 0.1) is 0 Å². The van der Waals surface area contributed by atoms with Crippen LogP contribution in [0.4, 0.5) is 22.7 Å². The van der Waals surface area contributed by atoms with Crippen molar-refractivity contribution in [2.24, 2.45) is 0 Å². The Labute approximate surface area is 410 Å². The topological polar surface area (TPSA) is 24.3 Å². The normalized spacial score (nSPS) is 13.0. The fraction of sp³-hybridized carbons (Fsp3) is 0.200. The predicted molar refractivity (Wildman–Crippen MR) is 274 cm³/mol. The van der Waals surface area contributed by atoms with Gasteiger partial charge in [-0.1, -0.05) is 139 Å². The summed E-state index contributed by atoms with van der Waals surface area (Å²) in [6, 6.07) is 65.1. The number of anilines is 4. The molecule has 2 aromatic heterocycles. The molecule has 0 bridgehead atoms. The van der Waals surface area contributed by atoms with E-state index in [1.54, 1.807) is 11.8 Å². The Kier molecular flexibility index (Phi) is 11.9. The van der Waals surface area contributed by atoms with Crippen molar-refractivity contribution >= 4 is 56.3 Å². The molecule has 0 saturated heterocycles. The second-order valence-electron chi connectivity index (χ2n) is 19.6. The Balaban J connectivity index is 0.00000548. The third-order valence-electron chi connectivity index (χ3n) is 13.6. The molecule has 1 aliphatic rings. The van der Waals surface area contributed by atoms with Crippen molar-refractivity contribution in [1.82, 2.24) is 9.55 Å². The molecule has 6 heteroatoms. The van der Waals surface area contributed by atoms with E-state index in [9.17, 15) is 0 Å². The summed E-state index contributed by atoms with van der Waals surface area (Å²) in [5.41, 5.74) is 14.9. The molecule has 0 unspecified atom stereocenters. The van der Waals surface area contributed by atoms with Gasteiger partial charge in [0.25, 0.3) is 0 Å². The van der Waals surface area contributed by atoms with E-state index in [1.807, 2.05) is 6.20 Å². The first-order valence-corrected chi connectivity index (χ1v) is 23.4. The van der Waals surface area contributed by atoms with Crippen LogP contribution in [0.25, 0.3) is 27.6 Å². The van der Waals surface area contributed by atoms with E-state index >= 15 is 0 Å². The van der Waals surface area contributed by atoms with Crippen molar-refractivity contribution in [3.63, 3.8) is 0 Å². The maximum atomic E-state index is 4.90. The monoisotopic (exact) mass is 1060 g/mol. The largest absolute Gasteiger partial charge is 0.493 e. The van der Waals surface area contributed by atoms with Crippen molar-refractivity contribution in [3.05, 3.63) is 222 Å². The fourth-order valence-corrected chi connectivity index (χ4v) is 10.1. The molecule has 0 radical (unpaired) electrons. The van der Waals surface area contributed by atoms with Gasteiger partial charge in [0.1, 0.15) is 5.82 Å². The van der Waals surface area contributed by atoms with Crippen molar-refractivity contribution in [3.8, 4) is 5.82 Å². The first-order chi connectivity index (χ1) is 31.2. The summed E-state index contributed by atoms with van der Waals surface area (Å²) in [5, 5.41) is 2.35. The molecule has 0 aliphatic carbocycles. The van der Waals surface area contributed by atoms with E-state index in [-0.39, 0.29) is 37.3 Å². The van der Waals surface area contributed by atoms with Gasteiger partial charge in [-0.2, -0.15) is 24.3 Å². The van der Waals surface area contributed by atoms with Gasteiger partial charge in [0, 0.05) is 60.7 Å². The Morgan fingerprint density at radius 1 is 0.515 bits per heavy atom. The molecule has 0 fully saturated rings. The molecule has 1 aliphatic heterocycles. The first kappa shape index (κ1) is 45.3. The fourth-order valence-electron chi connectivity index (χ4n) is 9.26. The van der Waals surface area contributed by atoms with Crippen LogP contribution in [0.3, 0.4) is 0 Å². The second-order valence-corrected chi connectivity index (χ2v) is 20.7. The summed E-state index contributed by atoms with van der Waals surface area (Å²) in [4.78, 5) is 11.6. The van der Waals surface area contributed by atoms with Crippen LogP contribution in [-0.2, 0) is 37.3 Å². The summed E-state index contributed by atoms with van der Waals surface area (Å²) >= 11 is 1.69. The van der Waals surface area contributed by atoms with Crippen LogP contribution >= 0.6 is 11.8 Å². The number of nitrogens with zero attached hydrogens (tertiary/aromatic N) is 4. The third kappa shape index (κ3) is 8.20.